The summed E-state index contributed by atoms with van der Waals surface area (Å²) in [7, 11) is -3.67. The fourth-order valence-corrected chi connectivity index (χ4v) is 3.81. The van der Waals surface area contributed by atoms with Gasteiger partial charge in [-0.25, -0.2) is 0 Å². The molecule has 7 heteroatoms. The van der Waals surface area contributed by atoms with Gasteiger partial charge in [0.05, 0.1) is 12.4 Å². The van der Waals surface area contributed by atoms with E-state index < -0.39 is 28.7 Å². The van der Waals surface area contributed by atoms with Crippen LogP contribution in [-0.4, -0.2) is 37.9 Å². The number of carbonyl (C=O) groups is 1. The molecule has 0 saturated carbocycles. The van der Waals surface area contributed by atoms with E-state index in [1.54, 1.807) is 0 Å². The molecule has 0 saturated heterocycles. The number of unbranched alkanes of at least 4 members (excludes halogenated alkanes) is 13. The van der Waals surface area contributed by atoms with Gasteiger partial charge in [-0.1, -0.05) is 90.4 Å². The second kappa shape index (κ2) is 16.5. The summed E-state index contributed by atoms with van der Waals surface area (Å²) in [5.41, 5.74) is 5.22. The maximum Gasteiger partial charge on any atom is 0.322 e. The molecule has 0 aliphatic rings. The van der Waals surface area contributed by atoms with Crippen molar-refractivity contribution in [1.29, 1.82) is 0 Å². The van der Waals surface area contributed by atoms with Crippen molar-refractivity contribution in [2.45, 2.75) is 103 Å². The summed E-state index contributed by atoms with van der Waals surface area (Å²) >= 11 is 0. The first-order valence-electron chi connectivity index (χ1n) is 10.2. The highest BCUT2D eigenvalue weighted by Crippen LogP contribution is 2.13. The molecule has 0 radical (unpaired) electrons. The summed E-state index contributed by atoms with van der Waals surface area (Å²) in [4.78, 5) is 10.5. The Morgan fingerprint density at radius 2 is 1.23 bits per heavy atom. The minimum atomic E-state index is -3.67. The lowest BCUT2D eigenvalue weighted by Crippen LogP contribution is -2.36. The SMILES string of the molecule is CCCCCCCCCCCCCCCCS(=O)(=O)OCC(N)C(=O)O. The maximum absolute atomic E-state index is 11.6. The first-order valence-corrected chi connectivity index (χ1v) is 11.8. The molecular weight excluding hydrogens is 354 g/mol. The number of aliphatic carboxylic acids is 1. The Bertz CT molecular complexity index is 439. The van der Waals surface area contributed by atoms with E-state index in [0.717, 1.165) is 19.3 Å². The molecule has 3 N–H and O–H groups in total. The van der Waals surface area contributed by atoms with Crippen LogP contribution in [-0.2, 0) is 19.1 Å². The van der Waals surface area contributed by atoms with Gasteiger partial charge in [0.15, 0.2) is 0 Å². The van der Waals surface area contributed by atoms with Crippen LogP contribution in [0.4, 0.5) is 0 Å². The average molecular weight is 394 g/mol. The Balaban J connectivity index is 3.38. The molecule has 0 aromatic rings. The molecule has 0 rings (SSSR count). The third-order valence-electron chi connectivity index (χ3n) is 4.49. The van der Waals surface area contributed by atoms with Crippen LogP contribution in [0.2, 0.25) is 0 Å². The van der Waals surface area contributed by atoms with Crippen molar-refractivity contribution in [3.8, 4) is 0 Å². The number of rotatable bonds is 19. The summed E-state index contributed by atoms with van der Waals surface area (Å²) in [5, 5.41) is 8.59. The van der Waals surface area contributed by atoms with Gasteiger partial charge in [0, 0.05) is 0 Å². The summed E-state index contributed by atoms with van der Waals surface area (Å²) in [6, 6.07) is -1.30. The van der Waals surface area contributed by atoms with Crippen molar-refractivity contribution < 1.29 is 22.5 Å². The number of carboxylic acid groups (broad SMARTS) is 1. The summed E-state index contributed by atoms with van der Waals surface area (Å²) in [5.74, 6) is -1.34. The molecule has 0 heterocycles. The molecule has 26 heavy (non-hydrogen) atoms. The van der Waals surface area contributed by atoms with E-state index in [1.165, 1.54) is 64.2 Å². The molecule has 0 amide bonds. The van der Waals surface area contributed by atoms with Crippen LogP contribution < -0.4 is 5.73 Å². The second-order valence-electron chi connectivity index (χ2n) is 7.09. The first kappa shape index (κ1) is 25.3. The van der Waals surface area contributed by atoms with E-state index >= 15 is 0 Å². The van der Waals surface area contributed by atoms with Crippen LogP contribution in [0.1, 0.15) is 96.8 Å². The molecule has 0 aromatic carbocycles. The molecular formula is C19H39NO5S. The minimum Gasteiger partial charge on any atom is -0.480 e. The van der Waals surface area contributed by atoms with Crippen LogP contribution in [0.5, 0.6) is 0 Å². The Labute approximate surface area is 160 Å². The van der Waals surface area contributed by atoms with Crippen molar-refractivity contribution in [3.63, 3.8) is 0 Å². The van der Waals surface area contributed by atoms with Crippen molar-refractivity contribution in [3.05, 3.63) is 0 Å². The fraction of sp³-hybridized carbons (Fsp3) is 0.947. The van der Waals surface area contributed by atoms with E-state index in [0.29, 0.717) is 6.42 Å². The highest BCUT2D eigenvalue weighted by Gasteiger charge is 2.17. The molecule has 0 fully saturated rings. The molecule has 0 aromatic heterocycles. The average Bonchev–Trinajstić information content (AvgIpc) is 2.60. The van der Waals surface area contributed by atoms with E-state index in [1.807, 2.05) is 0 Å². The van der Waals surface area contributed by atoms with Gasteiger partial charge in [-0.2, -0.15) is 8.42 Å². The van der Waals surface area contributed by atoms with Gasteiger partial charge in [-0.3, -0.25) is 8.98 Å². The standard InChI is InChI=1S/C19H39NO5S/c1-2-3-4-5-6-7-8-9-10-11-12-13-14-15-16-26(23,24)25-17-18(20)19(21)22/h18H,2-17,20H2,1H3,(H,21,22). The Morgan fingerprint density at radius 3 is 1.62 bits per heavy atom. The molecule has 1 atom stereocenters. The highest BCUT2D eigenvalue weighted by molar-refractivity contribution is 7.86. The van der Waals surface area contributed by atoms with Crippen molar-refractivity contribution in [2.24, 2.45) is 5.73 Å². The lowest BCUT2D eigenvalue weighted by atomic mass is 10.0. The van der Waals surface area contributed by atoms with E-state index in [2.05, 4.69) is 11.1 Å². The first-order chi connectivity index (χ1) is 12.4. The van der Waals surface area contributed by atoms with Gasteiger partial charge < -0.3 is 10.8 Å². The molecule has 0 bridgehead atoms. The lowest BCUT2D eigenvalue weighted by Gasteiger charge is -2.08. The zero-order chi connectivity index (χ0) is 19.7. The van der Waals surface area contributed by atoms with E-state index in [4.69, 9.17) is 10.8 Å². The Hall–Kier alpha value is -0.660. The number of carboxylic acids is 1. The molecule has 0 spiro atoms. The highest BCUT2D eigenvalue weighted by atomic mass is 32.2. The molecule has 6 nitrogen and oxygen atoms in total. The summed E-state index contributed by atoms with van der Waals surface area (Å²) < 4.78 is 27.8. The van der Waals surface area contributed by atoms with Crippen molar-refractivity contribution >= 4 is 16.1 Å². The largest absolute Gasteiger partial charge is 0.480 e. The van der Waals surface area contributed by atoms with Crippen LogP contribution >= 0.6 is 0 Å². The quantitative estimate of drug-likeness (QED) is 0.251. The van der Waals surface area contributed by atoms with Crippen LogP contribution in [0.15, 0.2) is 0 Å². The van der Waals surface area contributed by atoms with E-state index in [-0.39, 0.29) is 5.75 Å². The zero-order valence-corrected chi connectivity index (χ0v) is 17.3. The number of hydrogen-bond acceptors (Lipinski definition) is 5. The smallest absolute Gasteiger partial charge is 0.322 e. The van der Waals surface area contributed by atoms with E-state index in [9.17, 15) is 13.2 Å². The Kier molecular flexibility index (Phi) is 16.1. The second-order valence-corrected chi connectivity index (χ2v) is 8.85. The lowest BCUT2D eigenvalue weighted by molar-refractivity contribution is -0.139. The van der Waals surface area contributed by atoms with Gasteiger partial charge in [0.2, 0.25) is 0 Å². The number of hydrogen-bond donors (Lipinski definition) is 2. The summed E-state index contributed by atoms with van der Waals surface area (Å²) in [6.45, 7) is 1.74. The third kappa shape index (κ3) is 16.8. The van der Waals surface area contributed by atoms with Gasteiger partial charge in [0.1, 0.15) is 6.04 Å². The van der Waals surface area contributed by atoms with Gasteiger partial charge in [-0.05, 0) is 6.42 Å². The minimum absolute atomic E-state index is 0.0721. The van der Waals surface area contributed by atoms with Gasteiger partial charge >= 0.3 is 5.97 Å². The monoisotopic (exact) mass is 393 g/mol. The van der Waals surface area contributed by atoms with Crippen molar-refractivity contribution in [2.75, 3.05) is 12.4 Å². The predicted molar refractivity (Wildman–Crippen MR) is 106 cm³/mol. The molecule has 1 unspecified atom stereocenters. The Morgan fingerprint density at radius 1 is 0.846 bits per heavy atom. The summed E-state index contributed by atoms with van der Waals surface area (Å²) in [6.07, 6.45) is 16.8. The third-order valence-corrected chi connectivity index (χ3v) is 5.78. The van der Waals surface area contributed by atoms with Crippen LogP contribution in [0, 0.1) is 0 Å². The molecule has 0 aliphatic carbocycles. The predicted octanol–water partition coefficient (Wildman–Crippen LogP) is 4.23. The topological polar surface area (TPSA) is 107 Å². The molecule has 0 aliphatic heterocycles. The fourth-order valence-electron chi connectivity index (χ4n) is 2.78. The maximum atomic E-state index is 11.6. The normalized spacial score (nSPS) is 13.0. The zero-order valence-electron chi connectivity index (χ0n) is 16.5. The number of nitrogens with two attached hydrogens (primary N) is 1. The van der Waals surface area contributed by atoms with Gasteiger partial charge in [0.25, 0.3) is 10.1 Å². The van der Waals surface area contributed by atoms with Crippen LogP contribution in [0.3, 0.4) is 0 Å². The van der Waals surface area contributed by atoms with Crippen LogP contribution in [0.25, 0.3) is 0 Å². The van der Waals surface area contributed by atoms with Crippen molar-refractivity contribution in [1.82, 2.24) is 0 Å². The molecule has 156 valence electrons. The van der Waals surface area contributed by atoms with Gasteiger partial charge in [-0.15, -0.1) is 0 Å².